The molecule has 0 unspecified atom stereocenters. The monoisotopic (exact) mass is 266 g/mol. The molecule has 1 heterocycles. The molecule has 0 saturated carbocycles. The predicted molar refractivity (Wildman–Crippen MR) is 52.8 cm³/mol. The van der Waals surface area contributed by atoms with Gasteiger partial charge in [0.15, 0.2) is 0 Å². The molecule has 0 aliphatic carbocycles. The van der Waals surface area contributed by atoms with E-state index >= 15 is 0 Å². The summed E-state index contributed by atoms with van der Waals surface area (Å²) >= 11 is 3.13. The first-order valence-electron chi connectivity index (χ1n) is 3.77. The molecule has 0 aromatic carbocycles. The maximum Gasteiger partial charge on any atom is 0.271 e. The van der Waals surface area contributed by atoms with Crippen molar-refractivity contribution in [3.05, 3.63) is 17.3 Å². The second-order valence-electron chi connectivity index (χ2n) is 2.55. The van der Waals surface area contributed by atoms with E-state index in [0.29, 0.717) is 10.9 Å². The molecule has 0 atom stereocenters. The molecule has 14 heavy (non-hydrogen) atoms. The van der Waals surface area contributed by atoms with Gasteiger partial charge in [0.05, 0.1) is 12.8 Å². The highest BCUT2D eigenvalue weighted by Gasteiger charge is 2.20. The number of aromatic nitrogens is 1. The summed E-state index contributed by atoms with van der Waals surface area (Å²) in [7, 11) is 1.28. The summed E-state index contributed by atoms with van der Waals surface area (Å²) in [6.07, 6.45) is -1.27. The van der Waals surface area contributed by atoms with Gasteiger partial charge in [-0.15, -0.1) is 0 Å². The van der Waals surface area contributed by atoms with E-state index in [4.69, 9.17) is 10.5 Å². The summed E-state index contributed by atoms with van der Waals surface area (Å²) in [6, 6.07) is 0. The molecule has 3 nitrogen and oxygen atoms in total. The predicted octanol–water partition coefficient (Wildman–Crippen LogP) is 2.50. The van der Waals surface area contributed by atoms with Crippen LogP contribution in [-0.2, 0) is 5.33 Å². The molecular formula is C8H9BrF2N2O. The summed E-state index contributed by atoms with van der Waals surface area (Å²) in [5.41, 5.74) is 5.76. The molecule has 1 aromatic heterocycles. The second-order valence-corrected chi connectivity index (χ2v) is 3.12. The second kappa shape index (κ2) is 4.54. The van der Waals surface area contributed by atoms with Gasteiger partial charge in [-0.25, -0.2) is 13.8 Å². The lowest BCUT2D eigenvalue weighted by Gasteiger charge is -2.11. The molecule has 0 bridgehead atoms. The molecule has 6 heteroatoms. The van der Waals surface area contributed by atoms with Crippen LogP contribution in [0, 0.1) is 0 Å². The van der Waals surface area contributed by atoms with Gasteiger partial charge in [-0.3, -0.25) is 0 Å². The zero-order chi connectivity index (χ0) is 10.7. The highest BCUT2D eigenvalue weighted by atomic mass is 79.9. The Morgan fingerprint density at radius 2 is 2.29 bits per heavy atom. The molecule has 1 rings (SSSR count). The molecule has 0 aliphatic heterocycles. The Labute approximate surface area is 88.4 Å². The van der Waals surface area contributed by atoms with E-state index in [-0.39, 0.29) is 17.1 Å². The Morgan fingerprint density at radius 1 is 1.64 bits per heavy atom. The molecule has 2 N–H and O–H groups in total. The van der Waals surface area contributed by atoms with Crippen LogP contribution in [0.2, 0.25) is 0 Å². The first-order valence-corrected chi connectivity index (χ1v) is 4.89. The minimum atomic E-state index is -2.68. The van der Waals surface area contributed by atoms with E-state index in [1.807, 2.05) is 0 Å². The topological polar surface area (TPSA) is 48.1 Å². The molecule has 0 amide bonds. The van der Waals surface area contributed by atoms with Crippen LogP contribution >= 0.6 is 15.9 Å². The molecule has 78 valence electrons. The van der Waals surface area contributed by atoms with Crippen molar-refractivity contribution in [3.63, 3.8) is 0 Å². The Hall–Kier alpha value is -0.910. The van der Waals surface area contributed by atoms with E-state index in [0.717, 1.165) is 0 Å². The summed E-state index contributed by atoms with van der Waals surface area (Å²) < 4.78 is 29.9. The van der Waals surface area contributed by atoms with Crippen LogP contribution in [0.25, 0.3) is 0 Å². The van der Waals surface area contributed by atoms with Crippen molar-refractivity contribution in [1.29, 1.82) is 0 Å². The fraction of sp³-hybridized carbons (Fsp3) is 0.375. The highest BCUT2D eigenvalue weighted by Crippen LogP contribution is 2.34. The molecule has 0 saturated heterocycles. The van der Waals surface area contributed by atoms with E-state index in [1.54, 1.807) is 0 Å². The summed E-state index contributed by atoms with van der Waals surface area (Å²) in [5.74, 6) is -0.123. The Kier molecular flexibility index (Phi) is 3.62. The van der Waals surface area contributed by atoms with Crippen molar-refractivity contribution in [2.75, 3.05) is 12.8 Å². The minimum Gasteiger partial charge on any atom is -0.481 e. The van der Waals surface area contributed by atoms with Crippen molar-refractivity contribution < 1.29 is 13.5 Å². The van der Waals surface area contributed by atoms with Crippen molar-refractivity contribution in [1.82, 2.24) is 4.98 Å². The van der Waals surface area contributed by atoms with Gasteiger partial charge in [-0.2, -0.15) is 0 Å². The average molecular weight is 267 g/mol. The number of ether oxygens (including phenoxy) is 1. The number of hydrogen-bond acceptors (Lipinski definition) is 3. The van der Waals surface area contributed by atoms with E-state index in [2.05, 4.69) is 20.9 Å². The number of hydrogen-bond donors (Lipinski definition) is 1. The largest absolute Gasteiger partial charge is 0.481 e. The van der Waals surface area contributed by atoms with Crippen molar-refractivity contribution >= 4 is 21.6 Å². The summed E-state index contributed by atoms with van der Waals surface area (Å²) in [5, 5.41) is 0.384. The zero-order valence-corrected chi connectivity index (χ0v) is 9.01. The number of anilines is 1. The SMILES string of the molecule is COc1ncc(CBr)c(N)c1C(F)F. The van der Waals surface area contributed by atoms with Crippen molar-refractivity contribution in [2.45, 2.75) is 11.8 Å². The molecule has 0 spiro atoms. The van der Waals surface area contributed by atoms with Gasteiger partial charge in [0, 0.05) is 17.1 Å². The number of nitrogen functional groups attached to an aromatic ring is 1. The van der Waals surface area contributed by atoms with Gasteiger partial charge in [-0.05, 0) is 0 Å². The number of nitrogens with two attached hydrogens (primary N) is 1. The smallest absolute Gasteiger partial charge is 0.271 e. The van der Waals surface area contributed by atoms with Crippen molar-refractivity contribution in [2.24, 2.45) is 0 Å². The lowest BCUT2D eigenvalue weighted by molar-refractivity contribution is 0.147. The maximum atomic E-state index is 12.6. The highest BCUT2D eigenvalue weighted by molar-refractivity contribution is 9.08. The van der Waals surface area contributed by atoms with Crippen LogP contribution in [-0.4, -0.2) is 12.1 Å². The number of pyridine rings is 1. The van der Waals surface area contributed by atoms with Crippen LogP contribution in [0.15, 0.2) is 6.20 Å². The lowest BCUT2D eigenvalue weighted by atomic mass is 10.1. The van der Waals surface area contributed by atoms with E-state index < -0.39 is 6.43 Å². The van der Waals surface area contributed by atoms with Crippen LogP contribution < -0.4 is 10.5 Å². The normalized spacial score (nSPS) is 10.6. The van der Waals surface area contributed by atoms with Crippen LogP contribution in [0.3, 0.4) is 0 Å². The molecular weight excluding hydrogens is 258 g/mol. The number of rotatable bonds is 3. The van der Waals surface area contributed by atoms with Crippen LogP contribution in [0.1, 0.15) is 17.6 Å². The molecule has 0 fully saturated rings. The zero-order valence-electron chi connectivity index (χ0n) is 7.43. The number of nitrogens with zero attached hydrogens (tertiary/aromatic N) is 1. The Balaban J connectivity index is 3.31. The van der Waals surface area contributed by atoms with E-state index in [9.17, 15) is 8.78 Å². The van der Waals surface area contributed by atoms with Gasteiger partial charge in [0.2, 0.25) is 5.88 Å². The minimum absolute atomic E-state index is 0.0312. The fourth-order valence-corrected chi connectivity index (χ4v) is 1.49. The number of halogens is 3. The van der Waals surface area contributed by atoms with Gasteiger partial charge in [0.25, 0.3) is 6.43 Å². The van der Waals surface area contributed by atoms with Gasteiger partial charge in [0.1, 0.15) is 5.56 Å². The van der Waals surface area contributed by atoms with Crippen molar-refractivity contribution in [3.8, 4) is 5.88 Å². The molecule has 0 radical (unpaired) electrons. The third kappa shape index (κ3) is 1.95. The number of alkyl halides is 3. The summed E-state index contributed by atoms with van der Waals surface area (Å²) in [6.45, 7) is 0. The first kappa shape index (κ1) is 11.2. The molecule has 0 aliphatic rings. The van der Waals surface area contributed by atoms with Crippen LogP contribution in [0.5, 0.6) is 5.88 Å². The molecule has 1 aromatic rings. The number of methoxy groups -OCH3 is 1. The maximum absolute atomic E-state index is 12.6. The average Bonchev–Trinajstić information content (AvgIpc) is 2.16. The van der Waals surface area contributed by atoms with Crippen LogP contribution in [0.4, 0.5) is 14.5 Å². The van der Waals surface area contributed by atoms with E-state index in [1.165, 1.54) is 13.3 Å². The van der Waals surface area contributed by atoms with Gasteiger partial charge >= 0.3 is 0 Å². The third-order valence-electron chi connectivity index (χ3n) is 1.76. The first-order chi connectivity index (χ1) is 6.61. The Bertz CT molecular complexity index is 333. The van der Waals surface area contributed by atoms with Gasteiger partial charge in [-0.1, -0.05) is 15.9 Å². The third-order valence-corrected chi connectivity index (χ3v) is 2.36. The standard InChI is InChI=1S/C8H9BrF2N2O/c1-14-8-5(7(10)11)6(12)4(2-9)3-13-8/h3,7H,2H2,1H3,(H2,12,13). The summed E-state index contributed by atoms with van der Waals surface area (Å²) in [4.78, 5) is 3.74. The lowest BCUT2D eigenvalue weighted by Crippen LogP contribution is -2.04. The fourth-order valence-electron chi connectivity index (χ4n) is 1.04. The van der Waals surface area contributed by atoms with Gasteiger partial charge < -0.3 is 10.5 Å². The quantitative estimate of drug-likeness (QED) is 0.856. The Morgan fingerprint density at radius 3 is 2.71 bits per heavy atom.